The lowest BCUT2D eigenvalue weighted by molar-refractivity contribution is -0.147. The van der Waals surface area contributed by atoms with E-state index < -0.39 is 65.9 Å². The molecular weight excluding hydrogens is 570 g/mol. The molecule has 2 unspecified atom stereocenters. The molecule has 0 radical (unpaired) electrons. The van der Waals surface area contributed by atoms with Crippen LogP contribution in [0.3, 0.4) is 0 Å². The summed E-state index contributed by atoms with van der Waals surface area (Å²) in [5.41, 5.74) is 6.48. The summed E-state index contributed by atoms with van der Waals surface area (Å²) in [4.78, 5) is 65.1. The van der Waals surface area contributed by atoms with Crippen molar-refractivity contribution in [1.82, 2.24) is 20.9 Å². The number of aliphatic hydroxyl groups excluding tert-OH is 2. The highest BCUT2D eigenvalue weighted by Gasteiger charge is 2.41. The molecule has 0 saturated carbocycles. The van der Waals surface area contributed by atoms with Crippen molar-refractivity contribution < 1.29 is 38.9 Å². The maximum atomic E-state index is 13.5. The normalized spacial score (nSPS) is 16.8. The van der Waals surface area contributed by atoms with E-state index >= 15 is 0 Å². The van der Waals surface area contributed by atoms with Crippen molar-refractivity contribution in [2.75, 3.05) is 13.2 Å². The first kappa shape index (κ1) is 34.2. The molecule has 44 heavy (non-hydrogen) atoms. The average Bonchev–Trinajstić information content (AvgIpc) is 3.50. The average molecular weight is 612 g/mol. The van der Waals surface area contributed by atoms with Gasteiger partial charge in [0.25, 0.3) is 5.91 Å². The molecule has 1 saturated heterocycles. The van der Waals surface area contributed by atoms with E-state index in [1.165, 1.54) is 4.90 Å². The van der Waals surface area contributed by atoms with Crippen LogP contribution in [0, 0.1) is 0 Å². The van der Waals surface area contributed by atoms with E-state index in [4.69, 9.17) is 10.5 Å². The number of nitrogens with two attached hydrogens (primary N) is 1. The molecule has 1 aliphatic rings. The second-order valence-electron chi connectivity index (χ2n) is 11.4. The lowest BCUT2D eigenvalue weighted by atomic mass is 9.99. The molecule has 1 fully saturated rings. The molecule has 2 aromatic carbocycles. The lowest BCUT2D eigenvalue weighted by Gasteiger charge is -2.32. The van der Waals surface area contributed by atoms with Crippen LogP contribution < -0.4 is 21.7 Å². The number of nitrogens with one attached hydrogen (secondary N) is 3. The molecule has 238 valence electrons. The maximum Gasteiger partial charge on any atom is 0.414 e. The van der Waals surface area contributed by atoms with Crippen molar-refractivity contribution in [3.05, 3.63) is 71.8 Å². The minimum Gasteiger partial charge on any atom is -0.444 e. The molecule has 13 heteroatoms. The summed E-state index contributed by atoms with van der Waals surface area (Å²) in [6.07, 6.45) is -2.36. The van der Waals surface area contributed by atoms with Crippen LogP contribution >= 0.6 is 0 Å². The number of nitrogens with zero attached hydrogens (tertiary/aromatic N) is 1. The Balaban J connectivity index is 1.63. The number of imide groups is 1. The number of likely N-dealkylation sites (tertiary alicyclic amines) is 1. The molecule has 2 aromatic rings. The predicted molar refractivity (Wildman–Crippen MR) is 159 cm³/mol. The third-order valence-corrected chi connectivity index (χ3v) is 7.15. The highest BCUT2D eigenvalue weighted by atomic mass is 16.5. The molecule has 1 aliphatic heterocycles. The van der Waals surface area contributed by atoms with Gasteiger partial charge in [0, 0.05) is 6.54 Å². The van der Waals surface area contributed by atoms with Crippen LogP contribution in [0.5, 0.6) is 0 Å². The van der Waals surface area contributed by atoms with E-state index in [1.807, 2.05) is 11.4 Å². The molecule has 4 atom stereocenters. The number of hydrogen-bond acceptors (Lipinski definition) is 9. The highest BCUT2D eigenvalue weighted by molar-refractivity contribution is 5.95. The number of benzene rings is 2. The largest absolute Gasteiger partial charge is 0.444 e. The van der Waals surface area contributed by atoms with E-state index in [1.54, 1.807) is 68.4 Å². The number of rotatable bonds is 13. The van der Waals surface area contributed by atoms with Gasteiger partial charge >= 0.3 is 6.09 Å². The molecule has 0 spiro atoms. The van der Waals surface area contributed by atoms with Gasteiger partial charge in [-0.25, -0.2) is 4.79 Å². The van der Waals surface area contributed by atoms with Crippen LogP contribution in [-0.4, -0.2) is 87.8 Å². The van der Waals surface area contributed by atoms with Gasteiger partial charge in [0.2, 0.25) is 17.7 Å². The molecule has 5 amide bonds. The fraction of sp³-hybridized carbons (Fsp3) is 0.452. The van der Waals surface area contributed by atoms with Gasteiger partial charge < -0.3 is 36.2 Å². The first-order chi connectivity index (χ1) is 20.9. The van der Waals surface area contributed by atoms with E-state index in [2.05, 4.69) is 10.6 Å². The minimum atomic E-state index is -1.74. The Kier molecular flexibility index (Phi) is 12.4. The van der Waals surface area contributed by atoms with Crippen molar-refractivity contribution in [3.63, 3.8) is 0 Å². The number of amides is 5. The maximum absolute atomic E-state index is 13.5. The molecule has 0 bridgehead atoms. The molecule has 1 heterocycles. The standard InChI is InChI=1S/C31H41N5O8/c1-31(2,19-37)35-28(41)24-14-9-15-36(24)29(42)26(39)23(16-20-10-5-3-6-11-20)33-27(40)22(32)17-25(38)34-30(43)44-18-21-12-7-4-8-13-21/h3-8,10-13,22-24,26,37,39H,9,14-19,32H2,1-2H3,(H,33,40)(H,35,41)(H,34,38,43)/t22-,23?,24-,26?/m0/s1. The molecule has 13 nitrogen and oxygen atoms in total. The molecule has 3 rings (SSSR count). The summed E-state index contributed by atoms with van der Waals surface area (Å²) in [6.45, 7) is 3.14. The van der Waals surface area contributed by atoms with Gasteiger partial charge in [-0.15, -0.1) is 0 Å². The molecule has 0 aromatic heterocycles. The van der Waals surface area contributed by atoms with Crippen LogP contribution in [0.15, 0.2) is 60.7 Å². The van der Waals surface area contributed by atoms with E-state index in [-0.39, 0.29) is 26.2 Å². The number of hydrogen-bond donors (Lipinski definition) is 6. The highest BCUT2D eigenvalue weighted by Crippen LogP contribution is 2.21. The Hall–Kier alpha value is -4.33. The second-order valence-corrected chi connectivity index (χ2v) is 11.4. The van der Waals surface area contributed by atoms with Crippen molar-refractivity contribution >= 4 is 29.7 Å². The van der Waals surface area contributed by atoms with Crippen LogP contribution in [-0.2, 0) is 36.9 Å². The molecule has 0 aliphatic carbocycles. The lowest BCUT2D eigenvalue weighted by Crippen LogP contribution is -2.59. The Labute approximate surface area is 256 Å². The van der Waals surface area contributed by atoms with E-state index in [9.17, 15) is 34.2 Å². The zero-order chi connectivity index (χ0) is 32.3. The quantitative estimate of drug-likeness (QED) is 0.182. The first-order valence-electron chi connectivity index (χ1n) is 14.4. The number of aliphatic hydroxyl groups is 2. The number of ether oxygens (including phenoxy) is 1. The zero-order valence-corrected chi connectivity index (χ0v) is 24.9. The Morgan fingerprint density at radius 1 is 1.02 bits per heavy atom. The van der Waals surface area contributed by atoms with Crippen LogP contribution in [0.2, 0.25) is 0 Å². The Bertz CT molecular complexity index is 1290. The summed E-state index contributed by atoms with van der Waals surface area (Å²) in [6, 6.07) is 14.3. The van der Waals surface area contributed by atoms with Gasteiger partial charge in [-0.05, 0) is 44.2 Å². The van der Waals surface area contributed by atoms with Gasteiger partial charge in [0.05, 0.1) is 30.7 Å². The Morgan fingerprint density at radius 3 is 2.25 bits per heavy atom. The third kappa shape index (κ3) is 10.1. The SMILES string of the molecule is CC(C)(CO)NC(=O)[C@@H]1CCCN1C(=O)C(O)C(Cc1ccccc1)NC(=O)[C@@H](N)CC(=O)NC(=O)OCc1ccccc1. The summed E-state index contributed by atoms with van der Waals surface area (Å²) >= 11 is 0. The Morgan fingerprint density at radius 2 is 1.64 bits per heavy atom. The van der Waals surface area contributed by atoms with Crippen LogP contribution in [0.1, 0.15) is 44.2 Å². The molecule has 7 N–H and O–H groups in total. The fourth-order valence-corrected chi connectivity index (χ4v) is 4.72. The second kappa shape index (κ2) is 15.9. The van der Waals surface area contributed by atoms with Gasteiger partial charge in [-0.1, -0.05) is 60.7 Å². The van der Waals surface area contributed by atoms with Gasteiger partial charge in [-0.3, -0.25) is 24.5 Å². The van der Waals surface area contributed by atoms with E-state index in [0.29, 0.717) is 18.4 Å². The van der Waals surface area contributed by atoms with Gasteiger partial charge in [0.15, 0.2) is 6.10 Å². The first-order valence-corrected chi connectivity index (χ1v) is 14.4. The van der Waals surface area contributed by atoms with Crippen molar-refractivity contribution in [1.29, 1.82) is 0 Å². The van der Waals surface area contributed by atoms with Gasteiger partial charge in [0.1, 0.15) is 12.6 Å². The van der Waals surface area contributed by atoms with Crippen molar-refractivity contribution in [2.45, 2.75) is 75.9 Å². The zero-order valence-electron chi connectivity index (χ0n) is 24.9. The number of carbonyl (C=O) groups excluding carboxylic acids is 5. The fourth-order valence-electron chi connectivity index (χ4n) is 4.72. The monoisotopic (exact) mass is 611 g/mol. The smallest absolute Gasteiger partial charge is 0.414 e. The number of alkyl carbamates (subject to hydrolysis) is 1. The summed E-state index contributed by atoms with van der Waals surface area (Å²) in [5, 5.41) is 28.0. The van der Waals surface area contributed by atoms with Gasteiger partial charge in [-0.2, -0.15) is 0 Å². The molecular formula is C31H41N5O8. The number of carbonyl (C=O) groups is 5. The van der Waals surface area contributed by atoms with E-state index in [0.717, 1.165) is 5.56 Å². The minimum absolute atomic E-state index is 0.0481. The third-order valence-electron chi connectivity index (χ3n) is 7.15. The van der Waals surface area contributed by atoms with Crippen molar-refractivity contribution in [2.24, 2.45) is 5.73 Å². The van der Waals surface area contributed by atoms with Crippen LogP contribution in [0.4, 0.5) is 4.79 Å². The topological polar surface area (TPSA) is 200 Å². The van der Waals surface area contributed by atoms with Crippen molar-refractivity contribution in [3.8, 4) is 0 Å². The summed E-state index contributed by atoms with van der Waals surface area (Å²) in [7, 11) is 0. The summed E-state index contributed by atoms with van der Waals surface area (Å²) < 4.78 is 5.01. The van der Waals surface area contributed by atoms with Crippen LogP contribution in [0.25, 0.3) is 0 Å². The predicted octanol–water partition coefficient (Wildman–Crippen LogP) is 0.123. The summed E-state index contributed by atoms with van der Waals surface area (Å²) in [5.74, 6) is -2.89.